The zero-order valence-electron chi connectivity index (χ0n) is 20.5. The van der Waals surface area contributed by atoms with Crippen molar-refractivity contribution in [1.82, 2.24) is 5.32 Å². The fraction of sp³-hybridized carbons (Fsp3) is 0.194. The normalized spacial score (nSPS) is 12.7. The number of likely N-dealkylation sites (N-methyl/N-ethyl adjacent to an activating group) is 1. The van der Waals surface area contributed by atoms with Crippen LogP contribution in [0, 0.1) is 13.8 Å². The molecule has 0 spiro atoms. The van der Waals surface area contributed by atoms with Gasteiger partial charge in [0.05, 0.1) is 11.4 Å². The summed E-state index contributed by atoms with van der Waals surface area (Å²) in [4.78, 5) is 7.24. The van der Waals surface area contributed by atoms with Gasteiger partial charge >= 0.3 is 0 Å². The highest BCUT2D eigenvalue weighted by Gasteiger charge is 2.21. The highest BCUT2D eigenvalue weighted by atomic mass is 15.1. The average molecular weight is 448 g/mol. The van der Waals surface area contributed by atoms with Crippen LogP contribution in [0.2, 0.25) is 0 Å². The maximum atomic E-state index is 5.12. The van der Waals surface area contributed by atoms with Crippen molar-refractivity contribution in [2.45, 2.75) is 26.7 Å². The molecule has 172 valence electrons. The second-order valence-electron chi connectivity index (χ2n) is 8.86. The lowest BCUT2D eigenvalue weighted by Gasteiger charge is -2.26. The summed E-state index contributed by atoms with van der Waals surface area (Å²) in [6, 6.07) is 19.4. The molecule has 0 aliphatic carbocycles. The quantitative estimate of drug-likeness (QED) is 0.386. The van der Waals surface area contributed by atoms with Gasteiger partial charge in [-0.2, -0.15) is 0 Å². The van der Waals surface area contributed by atoms with Crippen molar-refractivity contribution >= 4 is 34.4 Å². The summed E-state index contributed by atoms with van der Waals surface area (Å²) in [6.07, 6.45) is 5.47. The van der Waals surface area contributed by atoms with Crippen LogP contribution < -0.4 is 10.2 Å². The van der Waals surface area contributed by atoms with Crippen LogP contribution >= 0.6 is 0 Å². The van der Waals surface area contributed by atoms with E-state index in [1.54, 1.807) is 0 Å². The molecule has 3 heteroatoms. The predicted octanol–water partition coefficient (Wildman–Crippen LogP) is 7.53. The number of aryl methyl sites for hydroxylation is 2. The second kappa shape index (κ2) is 10.1. The number of fused-ring (bicyclic) bond motifs is 1. The van der Waals surface area contributed by atoms with Crippen LogP contribution in [0.15, 0.2) is 85.5 Å². The van der Waals surface area contributed by atoms with Crippen LogP contribution in [0.4, 0.5) is 17.1 Å². The van der Waals surface area contributed by atoms with Gasteiger partial charge in [-0.25, -0.2) is 0 Å². The Morgan fingerprint density at radius 2 is 1.76 bits per heavy atom. The minimum absolute atomic E-state index is 0.713. The molecule has 3 nitrogen and oxygen atoms in total. The first-order valence-electron chi connectivity index (χ1n) is 11.7. The summed E-state index contributed by atoms with van der Waals surface area (Å²) >= 11 is 0. The number of hydrogen-bond donors (Lipinski definition) is 1. The number of nitrogens with one attached hydrogen (secondary N) is 1. The van der Waals surface area contributed by atoms with Crippen molar-refractivity contribution in [3.05, 3.63) is 114 Å². The molecule has 0 fully saturated rings. The topological polar surface area (TPSA) is 27.6 Å². The number of aliphatic imine (C=N–C) groups is 1. The molecule has 34 heavy (non-hydrogen) atoms. The van der Waals surface area contributed by atoms with Gasteiger partial charge in [0.2, 0.25) is 0 Å². The third kappa shape index (κ3) is 4.66. The summed E-state index contributed by atoms with van der Waals surface area (Å²) in [7, 11) is 1.98. The molecular weight excluding hydrogens is 414 g/mol. The second-order valence-corrected chi connectivity index (χ2v) is 8.86. The van der Waals surface area contributed by atoms with Crippen LogP contribution in [0.5, 0.6) is 0 Å². The van der Waals surface area contributed by atoms with Crippen molar-refractivity contribution in [2.75, 3.05) is 18.5 Å². The Bertz CT molecular complexity index is 1280. The number of allylic oxidation sites excluding steroid dienone is 1. The summed E-state index contributed by atoms with van der Waals surface area (Å²) in [6.45, 7) is 17.7. The average Bonchev–Trinajstić information content (AvgIpc) is 2.84. The third-order valence-electron chi connectivity index (χ3n) is 6.40. The Balaban J connectivity index is 1.77. The summed E-state index contributed by atoms with van der Waals surface area (Å²) in [5.41, 5.74) is 12.3. The Hall–Kier alpha value is -3.69. The van der Waals surface area contributed by atoms with Crippen molar-refractivity contribution in [1.29, 1.82) is 0 Å². The minimum atomic E-state index is 0.713. The number of nitrogens with zero attached hydrogens (tertiary/aromatic N) is 2. The first-order chi connectivity index (χ1) is 16.4. The molecule has 0 unspecified atom stereocenters. The molecule has 0 amide bonds. The zero-order valence-corrected chi connectivity index (χ0v) is 20.5. The molecule has 1 heterocycles. The van der Waals surface area contributed by atoms with E-state index in [4.69, 9.17) is 4.99 Å². The van der Waals surface area contributed by atoms with Gasteiger partial charge in [-0.3, -0.25) is 4.99 Å². The van der Waals surface area contributed by atoms with Gasteiger partial charge in [0.25, 0.3) is 0 Å². The zero-order chi connectivity index (χ0) is 24.2. The van der Waals surface area contributed by atoms with Crippen LogP contribution in [0.1, 0.15) is 39.8 Å². The summed E-state index contributed by atoms with van der Waals surface area (Å²) < 4.78 is 0. The van der Waals surface area contributed by atoms with Crippen LogP contribution in [0.25, 0.3) is 11.6 Å². The van der Waals surface area contributed by atoms with Gasteiger partial charge in [-0.15, -0.1) is 0 Å². The number of anilines is 2. The largest absolute Gasteiger partial charge is 0.319 e. The van der Waals surface area contributed by atoms with Gasteiger partial charge < -0.3 is 10.2 Å². The fourth-order valence-corrected chi connectivity index (χ4v) is 4.46. The van der Waals surface area contributed by atoms with Gasteiger partial charge in [-0.1, -0.05) is 55.6 Å². The highest BCUT2D eigenvalue weighted by Crippen LogP contribution is 2.41. The van der Waals surface area contributed by atoms with Gasteiger partial charge in [-0.05, 0) is 86.5 Å². The molecule has 1 aliphatic rings. The standard InChI is InChI=1S/C31H33N3/c1-7-25-12-11-24(15-16-32-6)19-28(25)30-17-22(4)27-20-31(23(5)18-29(27)33-30)34(8-2)26-13-9-21(3)10-14-26/h7-14,18-20,32H,1-2,4,15-17H2,3,5-6H3. The van der Waals surface area contributed by atoms with Gasteiger partial charge in [0.1, 0.15) is 0 Å². The number of hydrogen-bond acceptors (Lipinski definition) is 3. The van der Waals surface area contributed by atoms with E-state index in [9.17, 15) is 0 Å². The molecule has 0 atom stereocenters. The van der Waals surface area contributed by atoms with E-state index in [-0.39, 0.29) is 0 Å². The van der Waals surface area contributed by atoms with Gasteiger partial charge in [0, 0.05) is 35.1 Å². The maximum Gasteiger partial charge on any atom is 0.0712 e. The molecule has 4 rings (SSSR count). The molecule has 0 radical (unpaired) electrons. The summed E-state index contributed by atoms with van der Waals surface area (Å²) in [5.74, 6) is 0. The molecular formula is C31H33N3. The predicted molar refractivity (Wildman–Crippen MR) is 149 cm³/mol. The lowest BCUT2D eigenvalue weighted by atomic mass is 9.89. The molecule has 0 saturated heterocycles. The number of rotatable bonds is 8. The SMILES string of the molecule is C=Cc1ccc(CCNC)cc1C1=Nc2cc(C)c(N(C=C)c3ccc(C)cc3)cc2C(=C)C1. The Morgan fingerprint density at radius 1 is 1.00 bits per heavy atom. The summed E-state index contributed by atoms with van der Waals surface area (Å²) in [5, 5.41) is 3.23. The Labute approximate surface area is 203 Å². The van der Waals surface area contributed by atoms with E-state index >= 15 is 0 Å². The van der Waals surface area contributed by atoms with E-state index in [1.165, 1.54) is 11.1 Å². The molecule has 3 aromatic rings. The highest BCUT2D eigenvalue weighted by molar-refractivity contribution is 6.12. The van der Waals surface area contributed by atoms with Crippen LogP contribution in [0.3, 0.4) is 0 Å². The van der Waals surface area contributed by atoms with Crippen molar-refractivity contribution in [3.63, 3.8) is 0 Å². The van der Waals surface area contributed by atoms with E-state index in [2.05, 4.69) is 98.4 Å². The van der Waals surface area contributed by atoms with E-state index in [0.29, 0.717) is 6.42 Å². The fourth-order valence-electron chi connectivity index (χ4n) is 4.46. The molecule has 0 saturated carbocycles. The Kier molecular flexibility index (Phi) is 6.95. The third-order valence-corrected chi connectivity index (χ3v) is 6.40. The monoisotopic (exact) mass is 447 g/mol. The first kappa shape index (κ1) is 23.5. The molecule has 1 aliphatic heterocycles. The van der Waals surface area contributed by atoms with Crippen molar-refractivity contribution in [2.24, 2.45) is 4.99 Å². The lowest BCUT2D eigenvalue weighted by Crippen LogP contribution is -2.13. The molecule has 0 bridgehead atoms. The first-order valence-corrected chi connectivity index (χ1v) is 11.7. The van der Waals surface area contributed by atoms with E-state index < -0.39 is 0 Å². The van der Waals surface area contributed by atoms with Crippen molar-refractivity contribution < 1.29 is 0 Å². The van der Waals surface area contributed by atoms with E-state index in [0.717, 1.165) is 63.6 Å². The maximum absolute atomic E-state index is 5.12. The van der Waals surface area contributed by atoms with Crippen molar-refractivity contribution in [3.8, 4) is 0 Å². The van der Waals surface area contributed by atoms with Gasteiger partial charge in [0.15, 0.2) is 0 Å². The smallest absolute Gasteiger partial charge is 0.0712 e. The van der Waals surface area contributed by atoms with Crippen LogP contribution in [-0.2, 0) is 6.42 Å². The number of benzene rings is 3. The lowest BCUT2D eigenvalue weighted by molar-refractivity contribution is 0.791. The molecule has 0 aromatic heterocycles. The Morgan fingerprint density at radius 3 is 2.44 bits per heavy atom. The molecule has 3 aromatic carbocycles. The molecule has 1 N–H and O–H groups in total. The van der Waals surface area contributed by atoms with Crippen LogP contribution in [-0.4, -0.2) is 19.3 Å². The van der Waals surface area contributed by atoms with E-state index in [1.807, 2.05) is 19.3 Å². The minimum Gasteiger partial charge on any atom is -0.319 e.